The number of amides is 2. The number of hydrogen-bond acceptors (Lipinski definition) is 8. The number of benzene rings is 1. The van der Waals surface area contributed by atoms with Gasteiger partial charge in [-0.2, -0.15) is 0 Å². The molecule has 2 amide bonds. The lowest BCUT2D eigenvalue weighted by molar-refractivity contribution is -0.270. The van der Waals surface area contributed by atoms with Crippen LogP contribution in [0.5, 0.6) is 0 Å². The maximum absolute atomic E-state index is 12.6. The van der Waals surface area contributed by atoms with E-state index in [0.29, 0.717) is 17.8 Å². The number of hydrogen-bond donors (Lipinski definition) is 4. The Kier molecular flexibility index (Phi) is 5.94. The van der Waals surface area contributed by atoms with Crippen LogP contribution in [0.15, 0.2) is 29.4 Å². The number of anilines is 1. The van der Waals surface area contributed by atoms with Gasteiger partial charge in [0.15, 0.2) is 5.71 Å². The van der Waals surface area contributed by atoms with Crippen LogP contribution in [0.1, 0.15) is 19.4 Å². The number of carbonyl (C=O) groups is 2. The average molecular weight is 393 g/mol. The van der Waals surface area contributed by atoms with Crippen molar-refractivity contribution in [2.24, 2.45) is 5.16 Å². The third-order valence-electron chi connectivity index (χ3n) is 4.71. The minimum absolute atomic E-state index is 0.0591. The molecular formula is C18H23N3O7. The topological polar surface area (TPSA) is 141 Å². The van der Waals surface area contributed by atoms with Crippen molar-refractivity contribution in [1.29, 1.82) is 0 Å². The summed E-state index contributed by atoms with van der Waals surface area (Å²) in [5, 5.41) is 36.0. The van der Waals surface area contributed by atoms with Crippen LogP contribution < -0.4 is 10.2 Å². The second kappa shape index (κ2) is 8.23. The third kappa shape index (κ3) is 3.59. The standard InChI is InChI=1S/C18H23N3O7/c1-3-21-11-7-5-4-6-10(11)13(17(21)26)20-28-18-14(19-9(2)23)16(25)15(24)12(8-22)27-18/h4-7,12,14-16,18,22,24-25H,3,8H2,1-2H3,(H,19,23)/b20-13-/t12-,14+,15+,16-,18-/m0/s1. The second-order valence-electron chi connectivity index (χ2n) is 6.54. The van der Waals surface area contributed by atoms with Crippen LogP contribution in [0.4, 0.5) is 5.69 Å². The summed E-state index contributed by atoms with van der Waals surface area (Å²) in [5.74, 6) is -0.835. The van der Waals surface area contributed by atoms with Gasteiger partial charge in [0.2, 0.25) is 12.2 Å². The minimum Gasteiger partial charge on any atom is -0.394 e. The number of likely N-dealkylation sites (N-methyl/N-ethyl adjacent to an activating group) is 1. The molecule has 0 radical (unpaired) electrons. The van der Waals surface area contributed by atoms with E-state index in [1.54, 1.807) is 29.2 Å². The molecule has 152 valence electrons. The summed E-state index contributed by atoms with van der Waals surface area (Å²) < 4.78 is 5.44. The molecule has 3 rings (SSSR count). The first kappa shape index (κ1) is 20.2. The van der Waals surface area contributed by atoms with Gasteiger partial charge >= 0.3 is 0 Å². The maximum Gasteiger partial charge on any atom is 0.281 e. The zero-order valence-electron chi connectivity index (χ0n) is 15.5. The predicted octanol–water partition coefficient (Wildman–Crippen LogP) is -1.28. The van der Waals surface area contributed by atoms with Crippen LogP contribution >= 0.6 is 0 Å². The largest absolute Gasteiger partial charge is 0.394 e. The quantitative estimate of drug-likeness (QED) is 0.457. The molecule has 28 heavy (non-hydrogen) atoms. The van der Waals surface area contributed by atoms with E-state index < -0.39 is 43.2 Å². The average Bonchev–Trinajstić information content (AvgIpc) is 2.95. The molecule has 2 aliphatic rings. The summed E-state index contributed by atoms with van der Waals surface area (Å²) in [7, 11) is 0. The molecule has 2 heterocycles. The SMILES string of the molecule is CCN1C(=O)/C(=N\O[C@@H]2O[C@@H](CO)[C@@H](O)[C@@H](O)[C@H]2NC(C)=O)c2ccccc21. The fraction of sp³-hybridized carbons (Fsp3) is 0.500. The fourth-order valence-corrected chi connectivity index (χ4v) is 3.33. The Morgan fingerprint density at radius 1 is 1.32 bits per heavy atom. The number of fused-ring (bicyclic) bond motifs is 1. The van der Waals surface area contributed by atoms with Crippen molar-refractivity contribution < 1.29 is 34.5 Å². The number of para-hydroxylation sites is 1. The predicted molar refractivity (Wildman–Crippen MR) is 97.5 cm³/mol. The van der Waals surface area contributed by atoms with E-state index in [4.69, 9.17) is 9.57 Å². The molecule has 1 aromatic carbocycles. The lowest BCUT2D eigenvalue weighted by Crippen LogP contribution is -2.64. The van der Waals surface area contributed by atoms with Crippen LogP contribution in [-0.2, 0) is 19.2 Å². The van der Waals surface area contributed by atoms with Gasteiger partial charge in [-0.1, -0.05) is 23.4 Å². The number of aliphatic hydroxyl groups is 3. The Bertz CT molecular complexity index is 784. The van der Waals surface area contributed by atoms with Gasteiger partial charge in [-0.3, -0.25) is 9.59 Å². The Morgan fingerprint density at radius 2 is 2.04 bits per heavy atom. The number of rotatable bonds is 5. The van der Waals surface area contributed by atoms with Crippen LogP contribution in [0.25, 0.3) is 0 Å². The summed E-state index contributed by atoms with van der Waals surface area (Å²) >= 11 is 0. The van der Waals surface area contributed by atoms with Crippen LogP contribution in [-0.4, -0.2) is 76.6 Å². The normalized spacial score (nSPS) is 31.0. The van der Waals surface area contributed by atoms with E-state index in [-0.39, 0.29) is 11.6 Å². The summed E-state index contributed by atoms with van der Waals surface area (Å²) in [4.78, 5) is 31.0. The van der Waals surface area contributed by atoms with E-state index in [1.165, 1.54) is 6.92 Å². The number of nitrogens with one attached hydrogen (secondary N) is 1. The molecule has 10 nitrogen and oxygen atoms in total. The first-order valence-electron chi connectivity index (χ1n) is 8.93. The Balaban J connectivity index is 1.88. The minimum atomic E-state index is -1.46. The molecule has 0 aliphatic carbocycles. The molecule has 0 spiro atoms. The van der Waals surface area contributed by atoms with Crippen LogP contribution in [0, 0.1) is 0 Å². The summed E-state index contributed by atoms with van der Waals surface area (Å²) in [6.07, 6.45) is -5.34. The molecule has 1 saturated heterocycles. The zero-order chi connectivity index (χ0) is 20.4. The molecule has 0 unspecified atom stereocenters. The van der Waals surface area contributed by atoms with Gasteiger partial charge in [0, 0.05) is 19.0 Å². The van der Waals surface area contributed by atoms with Crippen molar-refractivity contribution in [2.75, 3.05) is 18.1 Å². The Hall–Kier alpha value is -2.53. The summed E-state index contributed by atoms with van der Waals surface area (Å²) in [6.45, 7) is 2.93. The Labute approximate surface area is 161 Å². The van der Waals surface area contributed by atoms with Gasteiger partial charge in [-0.05, 0) is 13.0 Å². The van der Waals surface area contributed by atoms with E-state index in [0.717, 1.165) is 0 Å². The highest BCUT2D eigenvalue weighted by Gasteiger charge is 2.46. The molecule has 0 saturated carbocycles. The smallest absolute Gasteiger partial charge is 0.281 e. The van der Waals surface area contributed by atoms with E-state index in [1.807, 2.05) is 6.92 Å². The number of ether oxygens (including phenoxy) is 1. The van der Waals surface area contributed by atoms with Gasteiger partial charge in [0.1, 0.15) is 24.4 Å². The van der Waals surface area contributed by atoms with Gasteiger partial charge in [-0.25, -0.2) is 0 Å². The van der Waals surface area contributed by atoms with Crippen molar-refractivity contribution in [1.82, 2.24) is 5.32 Å². The lowest BCUT2D eigenvalue weighted by atomic mass is 9.97. The molecule has 0 bridgehead atoms. The molecule has 0 aromatic heterocycles. The number of aliphatic hydroxyl groups excluding tert-OH is 3. The van der Waals surface area contributed by atoms with Crippen molar-refractivity contribution in [2.45, 2.75) is 44.5 Å². The van der Waals surface area contributed by atoms with Crippen molar-refractivity contribution in [3.63, 3.8) is 0 Å². The number of carbonyl (C=O) groups excluding carboxylic acids is 2. The fourth-order valence-electron chi connectivity index (χ4n) is 3.33. The monoisotopic (exact) mass is 393 g/mol. The maximum atomic E-state index is 12.6. The highest BCUT2D eigenvalue weighted by Crippen LogP contribution is 2.29. The Morgan fingerprint density at radius 3 is 2.68 bits per heavy atom. The van der Waals surface area contributed by atoms with Crippen molar-refractivity contribution in [3.8, 4) is 0 Å². The zero-order valence-corrected chi connectivity index (χ0v) is 15.5. The van der Waals surface area contributed by atoms with E-state index >= 15 is 0 Å². The second-order valence-corrected chi connectivity index (χ2v) is 6.54. The van der Waals surface area contributed by atoms with Gasteiger partial charge in [0.05, 0.1) is 12.3 Å². The van der Waals surface area contributed by atoms with Crippen LogP contribution in [0.3, 0.4) is 0 Å². The molecule has 5 atom stereocenters. The van der Waals surface area contributed by atoms with Crippen LogP contribution in [0.2, 0.25) is 0 Å². The molecule has 2 aliphatic heterocycles. The lowest BCUT2D eigenvalue weighted by Gasteiger charge is -2.40. The third-order valence-corrected chi connectivity index (χ3v) is 4.71. The highest BCUT2D eigenvalue weighted by atomic mass is 16.8. The van der Waals surface area contributed by atoms with Crippen molar-refractivity contribution in [3.05, 3.63) is 29.8 Å². The van der Waals surface area contributed by atoms with Gasteiger partial charge < -0.3 is 35.1 Å². The molecular weight excluding hydrogens is 370 g/mol. The summed E-state index contributed by atoms with van der Waals surface area (Å²) in [5.41, 5.74) is 1.34. The number of oxime groups is 1. The molecule has 1 aromatic rings. The highest BCUT2D eigenvalue weighted by molar-refractivity contribution is 6.54. The molecule has 1 fully saturated rings. The van der Waals surface area contributed by atoms with Gasteiger partial charge in [0.25, 0.3) is 5.91 Å². The van der Waals surface area contributed by atoms with Gasteiger partial charge in [-0.15, -0.1) is 0 Å². The summed E-state index contributed by atoms with van der Waals surface area (Å²) in [6, 6.07) is 5.94. The molecule has 10 heteroatoms. The van der Waals surface area contributed by atoms with E-state index in [9.17, 15) is 24.9 Å². The molecule has 4 N–H and O–H groups in total. The van der Waals surface area contributed by atoms with Crippen molar-refractivity contribution >= 4 is 23.2 Å². The first-order valence-corrected chi connectivity index (χ1v) is 8.93. The number of nitrogens with zero attached hydrogens (tertiary/aromatic N) is 2. The van der Waals surface area contributed by atoms with E-state index in [2.05, 4.69) is 10.5 Å². The first-order chi connectivity index (χ1) is 13.4.